The van der Waals surface area contributed by atoms with E-state index in [-0.39, 0.29) is 28.9 Å². The molecule has 210 valence electrons. The summed E-state index contributed by atoms with van der Waals surface area (Å²) in [5, 5.41) is 0. The van der Waals surface area contributed by atoms with Crippen LogP contribution in [0.2, 0.25) is 0 Å². The van der Waals surface area contributed by atoms with Gasteiger partial charge >= 0.3 is 11.9 Å². The van der Waals surface area contributed by atoms with Crippen LogP contribution in [0.1, 0.15) is 71.2 Å². The predicted molar refractivity (Wildman–Crippen MR) is 154 cm³/mol. The number of allylic oxidation sites excluding steroid dienone is 1. The average molecular weight is 563 g/mol. The number of esters is 2. The Kier molecular flexibility index (Phi) is 8.44. The maximum absolute atomic E-state index is 13.9. The summed E-state index contributed by atoms with van der Waals surface area (Å²) in [5.74, 6) is -0.459. The SMILES string of the molecule is CCOC(=O)C1=C(C)N=c2s/c(=C/c3ccc(C(C)(C)C)cc3)c(=O)n2C1c1ccc(OC(C)=O)c(OCC)c1. The number of ether oxygens (including phenoxy) is 3. The zero-order valence-corrected chi connectivity index (χ0v) is 24.7. The van der Waals surface area contributed by atoms with E-state index in [4.69, 9.17) is 14.2 Å². The summed E-state index contributed by atoms with van der Waals surface area (Å²) < 4.78 is 18.5. The van der Waals surface area contributed by atoms with Gasteiger partial charge < -0.3 is 14.2 Å². The first kappa shape index (κ1) is 29.0. The fourth-order valence-corrected chi connectivity index (χ4v) is 5.59. The second-order valence-electron chi connectivity index (χ2n) is 10.4. The number of nitrogens with zero attached hydrogens (tertiary/aromatic N) is 2. The second-order valence-corrected chi connectivity index (χ2v) is 11.4. The van der Waals surface area contributed by atoms with Crippen LogP contribution in [-0.2, 0) is 19.7 Å². The van der Waals surface area contributed by atoms with Crippen molar-refractivity contribution in [2.45, 2.75) is 59.9 Å². The molecule has 0 N–H and O–H groups in total. The van der Waals surface area contributed by atoms with Crippen LogP contribution in [0.5, 0.6) is 11.5 Å². The molecule has 40 heavy (non-hydrogen) atoms. The molecule has 2 heterocycles. The maximum atomic E-state index is 13.9. The number of thiazole rings is 1. The zero-order valence-electron chi connectivity index (χ0n) is 23.9. The molecule has 0 radical (unpaired) electrons. The van der Waals surface area contributed by atoms with E-state index in [1.165, 1.54) is 28.4 Å². The van der Waals surface area contributed by atoms with Gasteiger partial charge in [-0.15, -0.1) is 0 Å². The first-order chi connectivity index (χ1) is 18.9. The number of carbonyl (C=O) groups excluding carboxylic acids is 2. The fourth-order valence-electron chi connectivity index (χ4n) is 4.54. The quantitative estimate of drug-likeness (QED) is 0.313. The van der Waals surface area contributed by atoms with Crippen molar-refractivity contribution in [2.75, 3.05) is 13.2 Å². The number of rotatable bonds is 7. The van der Waals surface area contributed by atoms with Crippen LogP contribution < -0.4 is 24.4 Å². The van der Waals surface area contributed by atoms with Crippen molar-refractivity contribution < 1.29 is 23.8 Å². The van der Waals surface area contributed by atoms with Crippen LogP contribution in [0.4, 0.5) is 0 Å². The van der Waals surface area contributed by atoms with Crippen molar-refractivity contribution in [1.82, 2.24) is 4.57 Å². The van der Waals surface area contributed by atoms with Gasteiger partial charge in [0.15, 0.2) is 16.3 Å². The van der Waals surface area contributed by atoms with Gasteiger partial charge in [-0.05, 0) is 61.1 Å². The van der Waals surface area contributed by atoms with Crippen LogP contribution in [-0.4, -0.2) is 29.7 Å². The summed E-state index contributed by atoms with van der Waals surface area (Å²) in [6, 6.07) is 12.3. The molecule has 0 amide bonds. The predicted octanol–water partition coefficient (Wildman–Crippen LogP) is 4.42. The molecule has 0 saturated carbocycles. The molecule has 1 aromatic heterocycles. The lowest BCUT2D eigenvalue weighted by atomic mass is 9.87. The average Bonchev–Trinajstić information content (AvgIpc) is 3.18. The molecule has 0 aliphatic carbocycles. The number of benzene rings is 2. The summed E-state index contributed by atoms with van der Waals surface area (Å²) in [5.41, 5.74) is 3.16. The van der Waals surface area contributed by atoms with Gasteiger partial charge in [0.05, 0.1) is 35.1 Å². The van der Waals surface area contributed by atoms with Gasteiger partial charge in [0.2, 0.25) is 0 Å². The minimum absolute atomic E-state index is 0.0181. The zero-order chi connectivity index (χ0) is 29.2. The lowest BCUT2D eigenvalue weighted by molar-refractivity contribution is -0.139. The van der Waals surface area contributed by atoms with E-state index in [0.29, 0.717) is 33.0 Å². The minimum Gasteiger partial charge on any atom is -0.490 e. The first-order valence-electron chi connectivity index (χ1n) is 13.2. The van der Waals surface area contributed by atoms with Crippen LogP contribution in [0.25, 0.3) is 6.08 Å². The van der Waals surface area contributed by atoms with Crippen LogP contribution in [0.15, 0.2) is 63.5 Å². The lowest BCUT2D eigenvalue weighted by Gasteiger charge is -2.25. The molecule has 0 spiro atoms. The normalized spacial score (nSPS) is 15.4. The third-order valence-electron chi connectivity index (χ3n) is 6.43. The molecule has 3 aromatic rings. The molecular weight excluding hydrogens is 528 g/mol. The van der Waals surface area contributed by atoms with Gasteiger partial charge in [0.1, 0.15) is 0 Å². The van der Waals surface area contributed by atoms with Crippen molar-refractivity contribution in [3.63, 3.8) is 0 Å². The lowest BCUT2D eigenvalue weighted by Crippen LogP contribution is -2.40. The number of carbonyl (C=O) groups is 2. The van der Waals surface area contributed by atoms with E-state index in [0.717, 1.165) is 5.56 Å². The summed E-state index contributed by atoms with van der Waals surface area (Å²) in [6.07, 6.45) is 1.84. The fraction of sp³-hybridized carbons (Fsp3) is 0.355. The Hall–Kier alpha value is -3.98. The van der Waals surface area contributed by atoms with Crippen molar-refractivity contribution in [3.05, 3.63) is 90.1 Å². The molecule has 8 nitrogen and oxygen atoms in total. The third kappa shape index (κ3) is 5.94. The van der Waals surface area contributed by atoms with E-state index < -0.39 is 18.0 Å². The summed E-state index contributed by atoms with van der Waals surface area (Å²) in [7, 11) is 0. The molecule has 0 saturated heterocycles. The van der Waals surface area contributed by atoms with E-state index in [1.807, 2.05) is 25.1 Å². The van der Waals surface area contributed by atoms with E-state index in [1.54, 1.807) is 32.0 Å². The minimum atomic E-state index is -0.814. The molecule has 1 aliphatic rings. The molecule has 1 aliphatic heterocycles. The third-order valence-corrected chi connectivity index (χ3v) is 7.41. The van der Waals surface area contributed by atoms with Crippen molar-refractivity contribution >= 4 is 29.4 Å². The topological polar surface area (TPSA) is 96.2 Å². The van der Waals surface area contributed by atoms with Crippen molar-refractivity contribution in [1.29, 1.82) is 0 Å². The highest BCUT2D eigenvalue weighted by Crippen LogP contribution is 2.36. The largest absolute Gasteiger partial charge is 0.490 e. The highest BCUT2D eigenvalue weighted by atomic mass is 32.1. The standard InChI is InChI=1S/C31H34N2O6S/c1-8-37-24-17-21(12-15-23(24)39-19(4)34)27-26(29(36)38-9-2)18(3)32-30-33(27)28(35)25(40-30)16-20-10-13-22(14-11-20)31(5,6)7/h10-17,27H,8-9H2,1-7H3/b25-16+. The van der Waals surface area contributed by atoms with Crippen molar-refractivity contribution in [3.8, 4) is 11.5 Å². The molecule has 1 atom stereocenters. The van der Waals surface area contributed by atoms with Gasteiger partial charge in [-0.3, -0.25) is 14.2 Å². The molecule has 0 fully saturated rings. The van der Waals surface area contributed by atoms with Gasteiger partial charge in [-0.25, -0.2) is 9.79 Å². The Morgan fingerprint density at radius 2 is 1.75 bits per heavy atom. The number of fused-ring (bicyclic) bond motifs is 1. The van der Waals surface area contributed by atoms with Crippen LogP contribution in [0.3, 0.4) is 0 Å². The summed E-state index contributed by atoms with van der Waals surface area (Å²) in [6.45, 7) is 13.5. The van der Waals surface area contributed by atoms with E-state index in [9.17, 15) is 14.4 Å². The highest BCUT2D eigenvalue weighted by Gasteiger charge is 2.34. The Bertz CT molecular complexity index is 1660. The van der Waals surface area contributed by atoms with Crippen LogP contribution >= 0.6 is 11.3 Å². The Balaban J connectivity index is 1.91. The number of hydrogen-bond acceptors (Lipinski definition) is 8. The number of aromatic nitrogens is 1. The monoisotopic (exact) mass is 562 g/mol. The first-order valence-corrected chi connectivity index (χ1v) is 14.0. The Morgan fingerprint density at radius 1 is 1.05 bits per heavy atom. The molecule has 4 rings (SSSR count). The molecule has 0 bridgehead atoms. The van der Waals surface area contributed by atoms with Crippen molar-refractivity contribution in [2.24, 2.45) is 4.99 Å². The second kappa shape index (κ2) is 11.6. The van der Waals surface area contributed by atoms with Gasteiger partial charge in [-0.2, -0.15) is 0 Å². The molecule has 2 aromatic carbocycles. The van der Waals surface area contributed by atoms with Crippen LogP contribution in [0, 0.1) is 0 Å². The van der Waals surface area contributed by atoms with Gasteiger partial charge in [-0.1, -0.05) is 62.4 Å². The smallest absolute Gasteiger partial charge is 0.338 e. The van der Waals surface area contributed by atoms with Gasteiger partial charge in [0.25, 0.3) is 5.56 Å². The van der Waals surface area contributed by atoms with Gasteiger partial charge in [0, 0.05) is 6.92 Å². The molecule has 9 heteroatoms. The highest BCUT2D eigenvalue weighted by molar-refractivity contribution is 7.07. The summed E-state index contributed by atoms with van der Waals surface area (Å²) >= 11 is 1.26. The molecule has 1 unspecified atom stereocenters. The van der Waals surface area contributed by atoms with E-state index in [2.05, 4.69) is 37.9 Å². The Morgan fingerprint density at radius 3 is 2.35 bits per heavy atom. The summed E-state index contributed by atoms with van der Waals surface area (Å²) in [4.78, 5) is 43.8. The van der Waals surface area contributed by atoms with E-state index >= 15 is 0 Å². The maximum Gasteiger partial charge on any atom is 0.338 e. The number of hydrogen-bond donors (Lipinski definition) is 0. The molecular formula is C31H34N2O6S. The Labute approximate surface area is 237 Å².